The summed E-state index contributed by atoms with van der Waals surface area (Å²) in [4.78, 5) is 24.4. The molecule has 4 aromatic rings. The van der Waals surface area contributed by atoms with E-state index < -0.39 is 11.9 Å². The van der Waals surface area contributed by atoms with Crippen LogP contribution in [-0.4, -0.2) is 31.2 Å². The summed E-state index contributed by atoms with van der Waals surface area (Å²) in [7, 11) is 3.05. The molecule has 7 nitrogen and oxygen atoms in total. The molecule has 166 valence electrons. The molecule has 2 N–H and O–H groups in total. The summed E-state index contributed by atoms with van der Waals surface area (Å²) in [5.74, 6) is -0.0796. The zero-order valence-electron chi connectivity index (χ0n) is 18.0. The van der Waals surface area contributed by atoms with Crippen molar-refractivity contribution in [3.8, 4) is 33.9 Å². The van der Waals surface area contributed by atoms with Gasteiger partial charge in [0.1, 0.15) is 17.3 Å². The van der Waals surface area contributed by atoms with Gasteiger partial charge in [-0.15, -0.1) is 0 Å². The van der Waals surface area contributed by atoms with Crippen molar-refractivity contribution in [2.24, 2.45) is 0 Å². The van der Waals surface area contributed by atoms with E-state index in [9.17, 15) is 14.7 Å². The van der Waals surface area contributed by atoms with E-state index >= 15 is 0 Å². The van der Waals surface area contributed by atoms with E-state index in [4.69, 9.17) is 13.9 Å². The van der Waals surface area contributed by atoms with Gasteiger partial charge in [0.15, 0.2) is 5.76 Å². The fraction of sp³-hybridized carbons (Fsp3) is 0.0769. The second kappa shape index (κ2) is 9.32. The van der Waals surface area contributed by atoms with Crippen LogP contribution in [0.2, 0.25) is 0 Å². The van der Waals surface area contributed by atoms with Crippen LogP contribution in [0.15, 0.2) is 83.3 Å². The lowest BCUT2D eigenvalue weighted by atomic mass is 9.98. The number of hydrogen-bond donors (Lipinski definition) is 2. The third-order valence-electron chi connectivity index (χ3n) is 5.11. The maximum absolute atomic E-state index is 12.8. The first kappa shape index (κ1) is 21.7. The molecule has 0 saturated carbocycles. The monoisotopic (exact) mass is 443 g/mol. The molecule has 3 aromatic carbocycles. The topological polar surface area (TPSA) is 98.0 Å². The highest BCUT2D eigenvalue weighted by Gasteiger charge is 2.18. The minimum Gasteiger partial charge on any atom is -0.497 e. The number of aromatic carboxylic acids is 1. The number of benzene rings is 3. The molecule has 0 bridgehead atoms. The SMILES string of the molecule is COc1cccc(-c2ccccc2-c2ccc(C(=O)Nc3ccc(OC)cc3C(=O)O)o2)c1. The summed E-state index contributed by atoms with van der Waals surface area (Å²) in [6.45, 7) is 0. The van der Waals surface area contributed by atoms with Crippen LogP contribution in [0.25, 0.3) is 22.5 Å². The average molecular weight is 443 g/mol. The van der Waals surface area contributed by atoms with E-state index in [2.05, 4.69) is 5.32 Å². The largest absolute Gasteiger partial charge is 0.497 e. The van der Waals surface area contributed by atoms with Crippen LogP contribution in [0.5, 0.6) is 11.5 Å². The molecule has 0 spiro atoms. The molecule has 1 heterocycles. The highest BCUT2D eigenvalue weighted by molar-refractivity contribution is 6.06. The van der Waals surface area contributed by atoms with Gasteiger partial charge >= 0.3 is 5.97 Å². The summed E-state index contributed by atoms with van der Waals surface area (Å²) in [5, 5.41) is 12.1. The van der Waals surface area contributed by atoms with Gasteiger partial charge in [0, 0.05) is 5.56 Å². The number of furan rings is 1. The number of hydrogen-bond acceptors (Lipinski definition) is 5. The molecule has 1 amide bonds. The van der Waals surface area contributed by atoms with Gasteiger partial charge in [-0.3, -0.25) is 4.79 Å². The van der Waals surface area contributed by atoms with Gasteiger partial charge in [-0.2, -0.15) is 0 Å². The Morgan fingerprint density at radius 2 is 1.55 bits per heavy atom. The van der Waals surface area contributed by atoms with Crippen molar-refractivity contribution in [2.45, 2.75) is 0 Å². The Morgan fingerprint density at radius 3 is 2.27 bits per heavy atom. The first-order chi connectivity index (χ1) is 16.0. The van der Waals surface area contributed by atoms with Crippen molar-refractivity contribution >= 4 is 17.6 Å². The van der Waals surface area contributed by atoms with Crippen molar-refractivity contribution in [3.63, 3.8) is 0 Å². The quantitative estimate of drug-likeness (QED) is 0.387. The van der Waals surface area contributed by atoms with E-state index in [1.54, 1.807) is 25.3 Å². The summed E-state index contributed by atoms with van der Waals surface area (Å²) in [5.41, 5.74) is 2.72. The van der Waals surface area contributed by atoms with Crippen LogP contribution in [0.3, 0.4) is 0 Å². The zero-order chi connectivity index (χ0) is 23.4. The van der Waals surface area contributed by atoms with E-state index in [0.717, 1.165) is 22.4 Å². The first-order valence-corrected chi connectivity index (χ1v) is 10.1. The molecule has 0 aliphatic heterocycles. The third kappa shape index (κ3) is 4.57. The molecule has 0 fully saturated rings. The predicted octanol–water partition coefficient (Wildman–Crippen LogP) is 5.58. The molecule has 0 unspecified atom stereocenters. The standard InChI is InChI=1S/C26H21NO6/c1-31-17-7-5-6-16(14-17)19-8-3-4-9-20(19)23-12-13-24(33-23)25(28)27-22-11-10-18(32-2)15-21(22)26(29)30/h3-15H,1-2H3,(H,27,28)(H,29,30). The lowest BCUT2D eigenvalue weighted by Gasteiger charge is -2.10. The van der Waals surface area contributed by atoms with E-state index in [0.29, 0.717) is 11.5 Å². The minimum absolute atomic E-state index is 0.0533. The maximum atomic E-state index is 12.8. The minimum atomic E-state index is -1.18. The van der Waals surface area contributed by atoms with E-state index in [1.165, 1.54) is 19.2 Å². The average Bonchev–Trinajstić information content (AvgIpc) is 3.34. The summed E-state index contributed by atoms with van der Waals surface area (Å²) in [6, 6.07) is 23.0. The molecule has 4 rings (SSSR count). The van der Waals surface area contributed by atoms with Crippen molar-refractivity contribution in [3.05, 3.63) is 90.2 Å². The number of methoxy groups -OCH3 is 2. The lowest BCUT2D eigenvalue weighted by Crippen LogP contribution is -2.14. The van der Waals surface area contributed by atoms with Crippen LogP contribution in [0.4, 0.5) is 5.69 Å². The van der Waals surface area contributed by atoms with Crippen LogP contribution in [0, 0.1) is 0 Å². The lowest BCUT2D eigenvalue weighted by molar-refractivity contribution is 0.0697. The van der Waals surface area contributed by atoms with Gasteiger partial charge in [-0.05, 0) is 53.6 Å². The molecule has 0 atom stereocenters. The molecule has 0 radical (unpaired) electrons. The number of carboxylic acids is 1. The van der Waals surface area contributed by atoms with Gasteiger partial charge in [0.05, 0.1) is 25.5 Å². The number of ether oxygens (including phenoxy) is 2. The van der Waals surface area contributed by atoms with E-state index in [1.807, 2.05) is 48.5 Å². The number of amides is 1. The Balaban J connectivity index is 1.63. The molecule has 0 aliphatic rings. The number of nitrogens with one attached hydrogen (secondary N) is 1. The van der Waals surface area contributed by atoms with Crippen LogP contribution >= 0.6 is 0 Å². The fourth-order valence-electron chi connectivity index (χ4n) is 3.47. The van der Waals surface area contributed by atoms with Crippen LogP contribution in [0.1, 0.15) is 20.9 Å². The summed E-state index contributed by atoms with van der Waals surface area (Å²) >= 11 is 0. The Kier molecular flexibility index (Phi) is 6.13. The second-order valence-electron chi connectivity index (χ2n) is 7.11. The molecular weight excluding hydrogens is 422 g/mol. The van der Waals surface area contributed by atoms with Gasteiger partial charge < -0.3 is 24.3 Å². The van der Waals surface area contributed by atoms with Gasteiger partial charge in [-0.25, -0.2) is 4.79 Å². The molecule has 33 heavy (non-hydrogen) atoms. The molecular formula is C26H21NO6. The Bertz CT molecular complexity index is 1320. The summed E-state index contributed by atoms with van der Waals surface area (Å²) < 4.78 is 16.2. The molecule has 7 heteroatoms. The number of rotatable bonds is 7. The van der Waals surface area contributed by atoms with Crippen molar-refractivity contribution in [2.75, 3.05) is 19.5 Å². The highest BCUT2D eigenvalue weighted by Crippen LogP contribution is 2.34. The summed E-state index contributed by atoms with van der Waals surface area (Å²) in [6.07, 6.45) is 0. The van der Waals surface area contributed by atoms with Crippen molar-refractivity contribution in [1.29, 1.82) is 0 Å². The van der Waals surface area contributed by atoms with Gasteiger partial charge in [0.25, 0.3) is 5.91 Å². The first-order valence-electron chi connectivity index (χ1n) is 10.1. The van der Waals surface area contributed by atoms with Crippen molar-refractivity contribution < 1.29 is 28.6 Å². The predicted molar refractivity (Wildman–Crippen MR) is 124 cm³/mol. The van der Waals surface area contributed by atoms with Gasteiger partial charge in [-0.1, -0.05) is 36.4 Å². The number of anilines is 1. The Morgan fingerprint density at radius 1 is 0.818 bits per heavy atom. The second-order valence-corrected chi connectivity index (χ2v) is 7.11. The number of carboxylic acid groups (broad SMARTS) is 1. The number of carbonyl (C=O) groups is 2. The van der Waals surface area contributed by atoms with E-state index in [-0.39, 0.29) is 17.0 Å². The van der Waals surface area contributed by atoms with Gasteiger partial charge in [0.2, 0.25) is 0 Å². The maximum Gasteiger partial charge on any atom is 0.337 e. The van der Waals surface area contributed by atoms with Crippen LogP contribution in [-0.2, 0) is 0 Å². The van der Waals surface area contributed by atoms with Crippen LogP contribution < -0.4 is 14.8 Å². The highest BCUT2D eigenvalue weighted by atomic mass is 16.5. The fourth-order valence-corrected chi connectivity index (χ4v) is 3.47. The zero-order valence-corrected chi connectivity index (χ0v) is 18.0. The Hall–Kier alpha value is -4.52. The molecule has 0 aliphatic carbocycles. The smallest absolute Gasteiger partial charge is 0.337 e. The van der Waals surface area contributed by atoms with Crippen molar-refractivity contribution in [1.82, 2.24) is 0 Å². The normalized spacial score (nSPS) is 10.5. The number of carbonyl (C=O) groups excluding carboxylic acids is 1. The molecule has 0 saturated heterocycles. The Labute approximate surface area is 190 Å². The third-order valence-corrected chi connectivity index (χ3v) is 5.11. The molecule has 1 aromatic heterocycles.